The minimum atomic E-state index is -0.557. The van der Waals surface area contributed by atoms with Crippen LogP contribution in [0.25, 0.3) is 10.9 Å². The first-order valence-corrected chi connectivity index (χ1v) is 9.70. The molecule has 0 radical (unpaired) electrons. The van der Waals surface area contributed by atoms with E-state index in [1.165, 1.54) is 6.07 Å². The van der Waals surface area contributed by atoms with Crippen LogP contribution in [0.3, 0.4) is 0 Å². The van der Waals surface area contributed by atoms with Crippen LogP contribution in [0.4, 0.5) is 10.1 Å². The van der Waals surface area contributed by atoms with Crippen molar-refractivity contribution < 1.29 is 9.18 Å². The number of fused-ring (bicyclic) bond motifs is 1. The standard InChI is InChI=1S/C24H27FN2O/c1-16(2)14-24(4,15-18-9-6-5-7-10-18)23(28)27-21-13-19-11-8-12-20(25)22(19)26-17(21)3/h5-13,16H,14-15H2,1-4H3,(H,27,28)/t24-/m0/s1. The molecule has 0 saturated carbocycles. The number of nitrogens with one attached hydrogen (secondary N) is 1. The molecule has 3 aromatic rings. The molecule has 2 aromatic carbocycles. The van der Waals surface area contributed by atoms with Gasteiger partial charge in [0.05, 0.1) is 16.8 Å². The summed E-state index contributed by atoms with van der Waals surface area (Å²) in [7, 11) is 0. The number of aryl methyl sites for hydroxylation is 1. The van der Waals surface area contributed by atoms with E-state index in [1.54, 1.807) is 25.1 Å². The summed E-state index contributed by atoms with van der Waals surface area (Å²) in [5.74, 6) is -0.0118. The van der Waals surface area contributed by atoms with Crippen LogP contribution in [0.1, 0.15) is 38.4 Å². The zero-order chi connectivity index (χ0) is 20.3. The SMILES string of the molecule is Cc1nc2c(F)cccc2cc1NC(=O)[C@](C)(Cc1ccccc1)CC(C)C. The van der Waals surface area contributed by atoms with E-state index in [0.29, 0.717) is 34.6 Å². The van der Waals surface area contributed by atoms with E-state index in [-0.39, 0.29) is 11.7 Å². The third-order valence-corrected chi connectivity index (χ3v) is 5.08. The molecule has 0 aliphatic carbocycles. The third-order valence-electron chi connectivity index (χ3n) is 5.08. The average molecular weight is 378 g/mol. The highest BCUT2D eigenvalue weighted by Gasteiger charge is 2.34. The average Bonchev–Trinajstić information content (AvgIpc) is 2.63. The number of rotatable bonds is 6. The Hall–Kier alpha value is -2.75. The zero-order valence-electron chi connectivity index (χ0n) is 16.9. The molecule has 1 N–H and O–H groups in total. The molecule has 4 heteroatoms. The highest BCUT2D eigenvalue weighted by Crippen LogP contribution is 2.33. The minimum Gasteiger partial charge on any atom is -0.324 e. The lowest BCUT2D eigenvalue weighted by Gasteiger charge is -2.30. The normalized spacial score (nSPS) is 13.5. The molecule has 0 spiro atoms. The van der Waals surface area contributed by atoms with Crippen molar-refractivity contribution in [1.82, 2.24) is 4.98 Å². The lowest BCUT2D eigenvalue weighted by atomic mass is 9.76. The van der Waals surface area contributed by atoms with Crippen LogP contribution in [-0.2, 0) is 11.2 Å². The molecule has 28 heavy (non-hydrogen) atoms. The number of carbonyl (C=O) groups excluding carboxylic acids is 1. The topological polar surface area (TPSA) is 42.0 Å². The van der Waals surface area contributed by atoms with Crippen molar-refractivity contribution in [3.63, 3.8) is 0 Å². The number of anilines is 1. The second-order valence-electron chi connectivity index (χ2n) is 8.21. The maximum absolute atomic E-state index is 14.0. The summed E-state index contributed by atoms with van der Waals surface area (Å²) in [5, 5.41) is 3.74. The van der Waals surface area contributed by atoms with Gasteiger partial charge in [-0.25, -0.2) is 9.37 Å². The fourth-order valence-electron chi connectivity index (χ4n) is 3.85. The number of hydrogen-bond acceptors (Lipinski definition) is 2. The van der Waals surface area contributed by atoms with Gasteiger partial charge in [0.2, 0.25) is 5.91 Å². The van der Waals surface area contributed by atoms with Gasteiger partial charge in [-0.05, 0) is 43.4 Å². The van der Waals surface area contributed by atoms with E-state index in [4.69, 9.17) is 0 Å². The van der Waals surface area contributed by atoms with Crippen molar-refractivity contribution in [3.8, 4) is 0 Å². The number of aromatic nitrogens is 1. The largest absolute Gasteiger partial charge is 0.324 e. The van der Waals surface area contributed by atoms with Crippen LogP contribution >= 0.6 is 0 Å². The number of hydrogen-bond donors (Lipinski definition) is 1. The highest BCUT2D eigenvalue weighted by molar-refractivity contribution is 5.97. The maximum atomic E-state index is 14.0. The fourth-order valence-corrected chi connectivity index (χ4v) is 3.85. The van der Waals surface area contributed by atoms with E-state index in [0.717, 1.165) is 12.0 Å². The van der Waals surface area contributed by atoms with Gasteiger partial charge < -0.3 is 5.32 Å². The van der Waals surface area contributed by atoms with Crippen molar-refractivity contribution in [2.75, 3.05) is 5.32 Å². The Morgan fingerprint density at radius 3 is 2.54 bits per heavy atom. The van der Waals surface area contributed by atoms with Gasteiger partial charge in [0, 0.05) is 5.39 Å². The number of nitrogens with zero attached hydrogens (tertiary/aromatic N) is 1. The summed E-state index contributed by atoms with van der Waals surface area (Å²) in [5.41, 5.74) is 2.14. The number of benzene rings is 2. The molecule has 3 rings (SSSR count). The summed E-state index contributed by atoms with van der Waals surface area (Å²) in [6, 6.07) is 16.7. The fraction of sp³-hybridized carbons (Fsp3) is 0.333. The number of carbonyl (C=O) groups is 1. The van der Waals surface area contributed by atoms with Gasteiger partial charge in [0.25, 0.3) is 0 Å². The molecule has 1 aromatic heterocycles. The van der Waals surface area contributed by atoms with Crippen molar-refractivity contribution in [3.05, 3.63) is 71.7 Å². The number of pyridine rings is 1. The molecule has 146 valence electrons. The molecule has 0 aliphatic heterocycles. The zero-order valence-corrected chi connectivity index (χ0v) is 16.9. The van der Waals surface area contributed by atoms with E-state index >= 15 is 0 Å². The summed E-state index contributed by atoms with van der Waals surface area (Å²) >= 11 is 0. The maximum Gasteiger partial charge on any atom is 0.230 e. The lowest BCUT2D eigenvalue weighted by Crippen LogP contribution is -2.37. The number of para-hydroxylation sites is 1. The Kier molecular flexibility index (Phi) is 5.78. The van der Waals surface area contributed by atoms with Crippen LogP contribution in [0.15, 0.2) is 54.6 Å². The van der Waals surface area contributed by atoms with Crippen molar-refractivity contribution in [2.24, 2.45) is 11.3 Å². The molecule has 0 unspecified atom stereocenters. The van der Waals surface area contributed by atoms with Crippen molar-refractivity contribution >= 4 is 22.5 Å². The monoisotopic (exact) mass is 378 g/mol. The minimum absolute atomic E-state index is 0.0364. The summed E-state index contributed by atoms with van der Waals surface area (Å²) in [6.07, 6.45) is 1.43. The molecular formula is C24H27FN2O. The Morgan fingerprint density at radius 2 is 1.86 bits per heavy atom. The Balaban J connectivity index is 1.91. The predicted molar refractivity (Wildman–Crippen MR) is 113 cm³/mol. The van der Waals surface area contributed by atoms with Crippen LogP contribution in [0.5, 0.6) is 0 Å². The smallest absolute Gasteiger partial charge is 0.230 e. The lowest BCUT2D eigenvalue weighted by molar-refractivity contribution is -0.125. The van der Waals surface area contributed by atoms with Crippen LogP contribution in [-0.4, -0.2) is 10.9 Å². The Morgan fingerprint density at radius 1 is 1.14 bits per heavy atom. The number of halogens is 1. The molecule has 0 aliphatic rings. The second kappa shape index (κ2) is 8.09. The van der Waals surface area contributed by atoms with Gasteiger partial charge in [-0.15, -0.1) is 0 Å². The molecule has 3 nitrogen and oxygen atoms in total. The first-order valence-electron chi connectivity index (χ1n) is 9.70. The first kappa shape index (κ1) is 20.0. The molecule has 1 heterocycles. The highest BCUT2D eigenvalue weighted by atomic mass is 19.1. The predicted octanol–water partition coefficient (Wildman–Crippen LogP) is 5.92. The third kappa shape index (κ3) is 4.38. The van der Waals surface area contributed by atoms with E-state index in [9.17, 15) is 9.18 Å². The summed E-state index contributed by atoms with van der Waals surface area (Å²) in [6.45, 7) is 8.06. The first-order chi connectivity index (χ1) is 13.3. The molecule has 1 atom stereocenters. The summed E-state index contributed by atoms with van der Waals surface area (Å²) < 4.78 is 14.0. The Bertz CT molecular complexity index is 985. The molecule has 0 bridgehead atoms. The van der Waals surface area contributed by atoms with Gasteiger partial charge in [0.15, 0.2) is 0 Å². The van der Waals surface area contributed by atoms with Gasteiger partial charge in [0.1, 0.15) is 11.3 Å². The van der Waals surface area contributed by atoms with E-state index in [1.807, 2.05) is 25.1 Å². The van der Waals surface area contributed by atoms with Crippen LogP contribution in [0, 0.1) is 24.1 Å². The van der Waals surface area contributed by atoms with Crippen LogP contribution < -0.4 is 5.32 Å². The molecule has 1 amide bonds. The van der Waals surface area contributed by atoms with Gasteiger partial charge in [-0.1, -0.05) is 63.2 Å². The molecular weight excluding hydrogens is 351 g/mol. The molecule has 0 fully saturated rings. The Labute approximate surface area is 166 Å². The van der Waals surface area contributed by atoms with Gasteiger partial charge >= 0.3 is 0 Å². The van der Waals surface area contributed by atoms with E-state index < -0.39 is 5.41 Å². The quantitative estimate of drug-likeness (QED) is 0.579. The number of amides is 1. The van der Waals surface area contributed by atoms with Gasteiger partial charge in [-0.3, -0.25) is 4.79 Å². The molecule has 0 saturated heterocycles. The summed E-state index contributed by atoms with van der Waals surface area (Å²) in [4.78, 5) is 17.7. The van der Waals surface area contributed by atoms with Crippen molar-refractivity contribution in [1.29, 1.82) is 0 Å². The van der Waals surface area contributed by atoms with Crippen molar-refractivity contribution in [2.45, 2.75) is 40.5 Å². The van der Waals surface area contributed by atoms with E-state index in [2.05, 4.69) is 36.3 Å². The second-order valence-corrected chi connectivity index (χ2v) is 8.21. The van der Waals surface area contributed by atoms with Crippen LogP contribution in [0.2, 0.25) is 0 Å². The van der Waals surface area contributed by atoms with Gasteiger partial charge in [-0.2, -0.15) is 0 Å².